The third-order valence-corrected chi connectivity index (χ3v) is 4.32. The maximum absolute atomic E-state index is 11.9. The summed E-state index contributed by atoms with van der Waals surface area (Å²) in [5.41, 5.74) is -0.419. The summed E-state index contributed by atoms with van der Waals surface area (Å²) in [5.74, 6) is 0. The number of hydrogen-bond acceptors (Lipinski definition) is 3. The number of rotatable bonds is 2. The third kappa shape index (κ3) is 3.19. The minimum Gasteiger partial charge on any atom is -0.331 e. The van der Waals surface area contributed by atoms with Crippen LogP contribution in [0.15, 0.2) is 0 Å². The van der Waals surface area contributed by atoms with Crippen LogP contribution in [0.1, 0.15) is 38.5 Å². The zero-order chi connectivity index (χ0) is 13.9. The molecular formula is C14H24N4O. The van der Waals surface area contributed by atoms with E-state index in [4.69, 9.17) is 0 Å². The molecule has 1 saturated heterocycles. The molecular weight excluding hydrogens is 240 g/mol. The summed E-state index contributed by atoms with van der Waals surface area (Å²) in [4.78, 5) is 15.3. The highest BCUT2D eigenvalue weighted by Crippen LogP contribution is 2.27. The first-order valence-electron chi connectivity index (χ1n) is 7.21. The average Bonchev–Trinajstić information content (AvgIpc) is 2.91. The van der Waals surface area contributed by atoms with Crippen molar-refractivity contribution in [1.29, 1.82) is 5.26 Å². The van der Waals surface area contributed by atoms with Crippen LogP contribution in [0.25, 0.3) is 0 Å². The summed E-state index contributed by atoms with van der Waals surface area (Å²) in [7, 11) is 3.54. The van der Waals surface area contributed by atoms with Crippen LogP contribution in [-0.2, 0) is 0 Å². The SMILES string of the molecule is CN(C)C(=O)N1CCC(C#N)(NC2CCCC2)CC1. The van der Waals surface area contributed by atoms with Crippen molar-refractivity contribution < 1.29 is 4.79 Å². The van der Waals surface area contributed by atoms with Crippen molar-refractivity contribution in [1.82, 2.24) is 15.1 Å². The Balaban J connectivity index is 1.91. The van der Waals surface area contributed by atoms with Crippen LogP contribution in [0.3, 0.4) is 0 Å². The van der Waals surface area contributed by atoms with Gasteiger partial charge in [0.1, 0.15) is 5.54 Å². The number of hydrogen-bond donors (Lipinski definition) is 1. The molecule has 106 valence electrons. The number of piperidine rings is 1. The second-order valence-electron chi connectivity index (χ2n) is 5.98. The van der Waals surface area contributed by atoms with Crippen LogP contribution in [0.5, 0.6) is 0 Å². The van der Waals surface area contributed by atoms with E-state index < -0.39 is 5.54 Å². The van der Waals surface area contributed by atoms with E-state index in [9.17, 15) is 10.1 Å². The first-order chi connectivity index (χ1) is 9.06. The quantitative estimate of drug-likeness (QED) is 0.823. The van der Waals surface area contributed by atoms with E-state index >= 15 is 0 Å². The predicted octanol–water partition coefficient (Wildman–Crippen LogP) is 1.56. The summed E-state index contributed by atoms with van der Waals surface area (Å²) in [6.45, 7) is 1.34. The second kappa shape index (κ2) is 5.79. The van der Waals surface area contributed by atoms with Gasteiger partial charge in [0.15, 0.2) is 0 Å². The summed E-state index contributed by atoms with van der Waals surface area (Å²) < 4.78 is 0. The van der Waals surface area contributed by atoms with Crippen LogP contribution in [-0.4, -0.2) is 54.6 Å². The summed E-state index contributed by atoms with van der Waals surface area (Å²) >= 11 is 0. The summed E-state index contributed by atoms with van der Waals surface area (Å²) in [6.07, 6.45) is 6.38. The van der Waals surface area contributed by atoms with Gasteiger partial charge in [-0.05, 0) is 25.7 Å². The lowest BCUT2D eigenvalue weighted by Gasteiger charge is -2.40. The zero-order valence-electron chi connectivity index (χ0n) is 12.0. The first-order valence-corrected chi connectivity index (χ1v) is 7.21. The van der Waals surface area contributed by atoms with Gasteiger partial charge in [-0.25, -0.2) is 4.79 Å². The van der Waals surface area contributed by atoms with E-state index in [-0.39, 0.29) is 6.03 Å². The molecule has 19 heavy (non-hydrogen) atoms. The van der Waals surface area contributed by atoms with E-state index in [0.29, 0.717) is 19.1 Å². The number of nitrogens with one attached hydrogen (secondary N) is 1. The van der Waals surface area contributed by atoms with Gasteiger partial charge >= 0.3 is 6.03 Å². The normalized spacial score (nSPS) is 23.1. The highest BCUT2D eigenvalue weighted by Gasteiger charge is 2.38. The topological polar surface area (TPSA) is 59.4 Å². The van der Waals surface area contributed by atoms with Gasteiger partial charge in [0.25, 0.3) is 0 Å². The molecule has 0 atom stereocenters. The zero-order valence-corrected chi connectivity index (χ0v) is 12.0. The fraction of sp³-hybridized carbons (Fsp3) is 0.857. The Kier molecular flexibility index (Phi) is 4.31. The molecule has 0 bridgehead atoms. The molecule has 2 aliphatic rings. The molecule has 5 heteroatoms. The molecule has 0 aromatic heterocycles. The van der Waals surface area contributed by atoms with Gasteiger partial charge in [-0.1, -0.05) is 12.8 Å². The molecule has 1 heterocycles. The summed E-state index contributed by atoms with van der Waals surface area (Å²) in [5, 5.41) is 13.1. The molecule has 1 saturated carbocycles. The van der Waals surface area contributed by atoms with Crippen molar-refractivity contribution in [3.63, 3.8) is 0 Å². The number of amides is 2. The Labute approximate surface area is 115 Å². The van der Waals surface area contributed by atoms with Gasteiger partial charge in [-0.3, -0.25) is 5.32 Å². The Bertz CT molecular complexity index is 360. The predicted molar refractivity (Wildman–Crippen MR) is 73.6 cm³/mol. The average molecular weight is 264 g/mol. The van der Waals surface area contributed by atoms with E-state index in [1.807, 2.05) is 4.90 Å². The van der Waals surface area contributed by atoms with Crippen molar-refractivity contribution in [2.75, 3.05) is 27.2 Å². The fourth-order valence-electron chi connectivity index (χ4n) is 3.11. The molecule has 2 rings (SSSR count). The minimum atomic E-state index is -0.419. The third-order valence-electron chi connectivity index (χ3n) is 4.32. The van der Waals surface area contributed by atoms with Crippen molar-refractivity contribution in [3.05, 3.63) is 0 Å². The van der Waals surface area contributed by atoms with E-state index in [0.717, 1.165) is 12.8 Å². The van der Waals surface area contributed by atoms with Crippen molar-refractivity contribution in [2.24, 2.45) is 0 Å². The van der Waals surface area contributed by atoms with Crippen LogP contribution >= 0.6 is 0 Å². The Morgan fingerprint density at radius 1 is 1.32 bits per heavy atom. The maximum atomic E-state index is 11.9. The van der Waals surface area contributed by atoms with Gasteiger partial charge < -0.3 is 9.80 Å². The van der Waals surface area contributed by atoms with Crippen LogP contribution in [0.4, 0.5) is 4.79 Å². The lowest BCUT2D eigenvalue weighted by atomic mass is 9.88. The molecule has 1 aliphatic heterocycles. The highest BCUT2D eigenvalue weighted by atomic mass is 16.2. The van der Waals surface area contributed by atoms with E-state index in [1.165, 1.54) is 25.7 Å². The lowest BCUT2D eigenvalue weighted by molar-refractivity contribution is 0.137. The molecule has 1 N–H and O–H groups in total. The van der Waals surface area contributed by atoms with Gasteiger partial charge in [0, 0.05) is 33.2 Å². The number of carbonyl (C=O) groups is 1. The van der Waals surface area contributed by atoms with Gasteiger partial charge in [-0.15, -0.1) is 0 Å². The largest absolute Gasteiger partial charge is 0.331 e. The van der Waals surface area contributed by atoms with Gasteiger partial charge in [-0.2, -0.15) is 5.26 Å². The standard InChI is InChI=1S/C14H24N4O/c1-17(2)13(19)18-9-7-14(11-15,8-10-18)16-12-5-3-4-6-12/h12,16H,3-10H2,1-2H3. The number of nitriles is 1. The number of carbonyl (C=O) groups excluding carboxylic acids is 1. The fourth-order valence-corrected chi connectivity index (χ4v) is 3.11. The number of likely N-dealkylation sites (tertiary alicyclic amines) is 1. The smallest absolute Gasteiger partial charge is 0.319 e. The van der Waals surface area contributed by atoms with Crippen LogP contribution < -0.4 is 5.32 Å². The molecule has 0 unspecified atom stereocenters. The molecule has 2 fully saturated rings. The molecule has 0 aromatic carbocycles. The van der Waals surface area contributed by atoms with Gasteiger partial charge in [0.05, 0.1) is 6.07 Å². The van der Waals surface area contributed by atoms with E-state index in [1.54, 1.807) is 19.0 Å². The number of urea groups is 1. The number of nitrogens with zero attached hydrogens (tertiary/aromatic N) is 3. The minimum absolute atomic E-state index is 0.0485. The molecule has 2 amide bonds. The highest BCUT2D eigenvalue weighted by molar-refractivity contribution is 5.74. The van der Waals surface area contributed by atoms with Crippen LogP contribution in [0, 0.1) is 11.3 Å². The Morgan fingerprint density at radius 2 is 1.89 bits per heavy atom. The molecule has 0 spiro atoms. The van der Waals surface area contributed by atoms with Crippen molar-refractivity contribution in [2.45, 2.75) is 50.1 Å². The molecule has 1 aliphatic carbocycles. The van der Waals surface area contributed by atoms with Gasteiger partial charge in [0.2, 0.25) is 0 Å². The molecule has 0 aromatic rings. The van der Waals surface area contributed by atoms with Crippen LogP contribution in [0.2, 0.25) is 0 Å². The van der Waals surface area contributed by atoms with E-state index in [2.05, 4.69) is 11.4 Å². The molecule has 5 nitrogen and oxygen atoms in total. The maximum Gasteiger partial charge on any atom is 0.319 e. The Hall–Kier alpha value is -1.28. The second-order valence-corrected chi connectivity index (χ2v) is 5.98. The lowest BCUT2D eigenvalue weighted by Crippen LogP contribution is -2.57. The van der Waals surface area contributed by atoms with Crippen molar-refractivity contribution >= 4 is 6.03 Å². The monoisotopic (exact) mass is 264 g/mol. The molecule has 0 radical (unpaired) electrons. The van der Waals surface area contributed by atoms with Crippen molar-refractivity contribution in [3.8, 4) is 6.07 Å². The first kappa shape index (κ1) is 14.1. The Morgan fingerprint density at radius 3 is 2.37 bits per heavy atom. The summed E-state index contributed by atoms with van der Waals surface area (Å²) in [6, 6.07) is 3.01.